The lowest BCUT2D eigenvalue weighted by Crippen LogP contribution is -1.93. The van der Waals surface area contributed by atoms with Crippen molar-refractivity contribution in [3.05, 3.63) is 41.4 Å². The van der Waals surface area contributed by atoms with Crippen molar-refractivity contribution in [3.8, 4) is 11.5 Å². The van der Waals surface area contributed by atoms with Crippen molar-refractivity contribution in [2.45, 2.75) is 6.92 Å². The van der Waals surface area contributed by atoms with Crippen LogP contribution < -0.4 is 4.74 Å². The van der Waals surface area contributed by atoms with Gasteiger partial charge in [-0.15, -0.1) is 0 Å². The van der Waals surface area contributed by atoms with Gasteiger partial charge in [0.2, 0.25) is 5.78 Å². The molecule has 0 bridgehead atoms. The van der Waals surface area contributed by atoms with Gasteiger partial charge in [-0.05, 0) is 30.7 Å². The van der Waals surface area contributed by atoms with Gasteiger partial charge in [-0.25, -0.2) is 0 Å². The van der Waals surface area contributed by atoms with Crippen molar-refractivity contribution in [3.63, 3.8) is 0 Å². The minimum atomic E-state index is -0.158. The number of carbonyl (C=O) groups is 1. The van der Waals surface area contributed by atoms with Gasteiger partial charge >= 0.3 is 0 Å². The van der Waals surface area contributed by atoms with Gasteiger partial charge in [0.15, 0.2) is 17.3 Å². The van der Waals surface area contributed by atoms with Crippen LogP contribution in [-0.2, 0) is 9.53 Å². The molecule has 1 aromatic rings. The van der Waals surface area contributed by atoms with E-state index in [9.17, 15) is 9.90 Å². The van der Waals surface area contributed by atoms with E-state index in [-0.39, 0.29) is 17.3 Å². The van der Waals surface area contributed by atoms with Gasteiger partial charge in [-0.3, -0.25) is 4.79 Å². The lowest BCUT2D eigenvalue weighted by atomic mass is 10.1. The third-order valence-electron chi connectivity index (χ3n) is 2.35. The third kappa shape index (κ3) is 2.30. The average Bonchev–Trinajstić information content (AvgIpc) is 2.60. The number of ketones is 1. The number of phenols is 1. The van der Waals surface area contributed by atoms with E-state index in [2.05, 4.69) is 0 Å². The molecule has 0 atom stereocenters. The summed E-state index contributed by atoms with van der Waals surface area (Å²) in [5.41, 5.74) is 0.728. The van der Waals surface area contributed by atoms with Crippen LogP contribution in [-0.4, -0.2) is 18.0 Å². The van der Waals surface area contributed by atoms with Crippen LogP contribution in [0.2, 0.25) is 0 Å². The molecule has 17 heavy (non-hydrogen) atoms. The van der Waals surface area contributed by atoms with Crippen LogP contribution in [0, 0.1) is 0 Å². The average molecular weight is 232 g/mol. The number of phenolic OH excluding ortho intramolecular Hbond substituents is 1. The van der Waals surface area contributed by atoms with Gasteiger partial charge in [0.05, 0.1) is 7.11 Å². The minimum absolute atomic E-state index is 0.0580. The monoisotopic (exact) mass is 232 g/mol. The molecule has 0 unspecified atom stereocenters. The summed E-state index contributed by atoms with van der Waals surface area (Å²) in [6.07, 6.45) is 3.04. The summed E-state index contributed by atoms with van der Waals surface area (Å²) >= 11 is 0. The molecule has 0 fully saturated rings. The van der Waals surface area contributed by atoms with E-state index >= 15 is 0 Å². The van der Waals surface area contributed by atoms with Crippen LogP contribution in [0.4, 0.5) is 0 Å². The Balaban J connectivity index is 2.31. The minimum Gasteiger partial charge on any atom is -0.504 e. The Morgan fingerprint density at radius 3 is 2.76 bits per heavy atom. The zero-order valence-electron chi connectivity index (χ0n) is 9.56. The maximum absolute atomic E-state index is 11.5. The van der Waals surface area contributed by atoms with E-state index in [1.807, 2.05) is 0 Å². The fraction of sp³-hybridized carbons (Fsp3) is 0.154. The van der Waals surface area contributed by atoms with Crippen molar-refractivity contribution in [2.75, 3.05) is 7.11 Å². The summed E-state index contributed by atoms with van der Waals surface area (Å²) < 4.78 is 10.2. The zero-order chi connectivity index (χ0) is 12.4. The smallest absolute Gasteiger partial charge is 0.224 e. The number of hydrogen-bond acceptors (Lipinski definition) is 4. The van der Waals surface area contributed by atoms with E-state index < -0.39 is 0 Å². The number of ether oxygens (including phenoxy) is 2. The zero-order valence-corrected chi connectivity index (χ0v) is 9.56. The lowest BCUT2D eigenvalue weighted by molar-refractivity contribution is -0.112. The number of aromatic hydroxyl groups is 1. The first kappa shape index (κ1) is 11.3. The molecule has 0 aliphatic carbocycles. The molecule has 1 N–H and O–H groups in total. The Kier molecular flexibility index (Phi) is 2.87. The van der Waals surface area contributed by atoms with Crippen LogP contribution in [0.1, 0.15) is 12.5 Å². The molecule has 1 aliphatic rings. The van der Waals surface area contributed by atoms with E-state index in [0.717, 1.165) is 5.56 Å². The Morgan fingerprint density at radius 1 is 1.41 bits per heavy atom. The van der Waals surface area contributed by atoms with Gasteiger partial charge in [-0.1, -0.05) is 6.07 Å². The second-order valence-electron chi connectivity index (χ2n) is 3.66. The summed E-state index contributed by atoms with van der Waals surface area (Å²) in [5, 5.41) is 9.44. The molecule has 0 radical (unpaired) electrons. The Morgan fingerprint density at radius 2 is 2.18 bits per heavy atom. The second kappa shape index (κ2) is 4.33. The molecule has 0 saturated carbocycles. The van der Waals surface area contributed by atoms with Crippen molar-refractivity contribution in [2.24, 2.45) is 0 Å². The number of methoxy groups -OCH3 is 1. The molecule has 0 amide bonds. The molecular formula is C13H12O4. The van der Waals surface area contributed by atoms with E-state index in [4.69, 9.17) is 9.47 Å². The lowest BCUT2D eigenvalue weighted by Gasteiger charge is -2.04. The maximum atomic E-state index is 11.5. The van der Waals surface area contributed by atoms with Gasteiger partial charge < -0.3 is 14.6 Å². The van der Waals surface area contributed by atoms with Crippen LogP contribution in [0.25, 0.3) is 6.08 Å². The van der Waals surface area contributed by atoms with Gasteiger partial charge in [0.25, 0.3) is 0 Å². The summed E-state index contributed by atoms with van der Waals surface area (Å²) in [4.78, 5) is 11.5. The van der Waals surface area contributed by atoms with Gasteiger partial charge in [0, 0.05) is 6.08 Å². The molecule has 0 saturated heterocycles. The van der Waals surface area contributed by atoms with Crippen molar-refractivity contribution in [1.82, 2.24) is 0 Å². The topological polar surface area (TPSA) is 55.8 Å². The molecule has 1 aromatic carbocycles. The molecule has 0 spiro atoms. The molecule has 88 valence electrons. The number of benzene rings is 1. The van der Waals surface area contributed by atoms with Crippen LogP contribution in [0.5, 0.6) is 11.5 Å². The first-order valence-corrected chi connectivity index (χ1v) is 5.09. The summed E-state index contributed by atoms with van der Waals surface area (Å²) in [6.45, 7) is 1.72. The molecular weight excluding hydrogens is 220 g/mol. The highest BCUT2D eigenvalue weighted by molar-refractivity contribution is 6.07. The highest BCUT2D eigenvalue weighted by atomic mass is 16.5. The molecule has 0 aromatic heterocycles. The molecule has 1 heterocycles. The van der Waals surface area contributed by atoms with E-state index in [0.29, 0.717) is 11.5 Å². The number of carbonyl (C=O) groups excluding carboxylic acids is 1. The number of rotatable bonds is 2. The first-order valence-electron chi connectivity index (χ1n) is 5.09. The van der Waals surface area contributed by atoms with Crippen molar-refractivity contribution >= 4 is 11.9 Å². The fourth-order valence-electron chi connectivity index (χ4n) is 1.54. The number of hydrogen-bond donors (Lipinski definition) is 1. The predicted molar refractivity (Wildman–Crippen MR) is 62.5 cm³/mol. The molecule has 4 nitrogen and oxygen atoms in total. The van der Waals surface area contributed by atoms with Gasteiger partial charge in [-0.2, -0.15) is 0 Å². The largest absolute Gasteiger partial charge is 0.504 e. The third-order valence-corrected chi connectivity index (χ3v) is 2.35. The molecule has 4 heteroatoms. The standard InChI is InChI=1S/C13H12O4/c1-8-5-11(15)13(17-8)7-9-3-4-10(14)12(6-9)16-2/h3-7,14H,1-2H3/b13-7-. The van der Waals surface area contributed by atoms with E-state index in [1.165, 1.54) is 19.3 Å². The van der Waals surface area contributed by atoms with Crippen LogP contribution >= 0.6 is 0 Å². The summed E-state index contributed by atoms with van der Waals surface area (Å²) in [5.74, 6) is 1.11. The highest BCUT2D eigenvalue weighted by Gasteiger charge is 2.17. The molecule has 1 aliphatic heterocycles. The molecule has 2 rings (SSSR count). The SMILES string of the molecule is COc1cc(/C=C2\OC(C)=CC2=O)ccc1O. The Bertz CT molecular complexity index is 526. The quantitative estimate of drug-likeness (QED) is 0.794. The van der Waals surface area contributed by atoms with Gasteiger partial charge in [0.1, 0.15) is 5.76 Å². The van der Waals surface area contributed by atoms with Crippen LogP contribution in [0.15, 0.2) is 35.8 Å². The maximum Gasteiger partial charge on any atom is 0.224 e. The van der Waals surface area contributed by atoms with Crippen molar-refractivity contribution in [1.29, 1.82) is 0 Å². The highest BCUT2D eigenvalue weighted by Crippen LogP contribution is 2.28. The first-order chi connectivity index (χ1) is 8.10. The Labute approximate surface area is 98.8 Å². The Hall–Kier alpha value is -2.23. The van der Waals surface area contributed by atoms with E-state index in [1.54, 1.807) is 25.1 Å². The second-order valence-corrected chi connectivity index (χ2v) is 3.66. The normalized spacial score (nSPS) is 16.9. The predicted octanol–water partition coefficient (Wildman–Crippen LogP) is 2.24. The van der Waals surface area contributed by atoms with Crippen LogP contribution in [0.3, 0.4) is 0 Å². The summed E-state index contributed by atoms with van der Waals surface area (Å²) in [7, 11) is 1.47. The number of allylic oxidation sites excluding steroid dienone is 2. The summed E-state index contributed by atoms with van der Waals surface area (Å²) in [6, 6.07) is 4.81. The fourth-order valence-corrected chi connectivity index (χ4v) is 1.54. The van der Waals surface area contributed by atoms with Crippen molar-refractivity contribution < 1.29 is 19.4 Å².